The van der Waals surface area contributed by atoms with Gasteiger partial charge in [-0.05, 0) is 22.0 Å². The molecule has 3 heteroatoms. The van der Waals surface area contributed by atoms with Gasteiger partial charge in [0.2, 0.25) is 5.88 Å². The maximum atomic E-state index is 4.95. The molecule has 0 saturated carbocycles. The first-order chi connectivity index (χ1) is 5.15. The quantitative estimate of drug-likeness (QED) is 0.685. The average Bonchev–Trinajstić information content (AvgIpc) is 1.97. The third-order valence-electron chi connectivity index (χ3n) is 1.28. The SMILES string of the molecule is C=c1cc(Br)c(=C)nc1OC. The van der Waals surface area contributed by atoms with Crippen molar-refractivity contribution in [1.29, 1.82) is 0 Å². The van der Waals surface area contributed by atoms with Crippen molar-refractivity contribution in [1.82, 2.24) is 4.98 Å². The molecule has 1 aromatic heterocycles. The van der Waals surface area contributed by atoms with Gasteiger partial charge in [0.05, 0.1) is 12.5 Å². The molecule has 0 aromatic carbocycles. The zero-order valence-corrected chi connectivity index (χ0v) is 7.81. The molecule has 0 amide bonds. The van der Waals surface area contributed by atoms with Crippen LogP contribution in [0.3, 0.4) is 0 Å². The summed E-state index contributed by atoms with van der Waals surface area (Å²) in [4.78, 5) is 4.05. The van der Waals surface area contributed by atoms with Crippen LogP contribution in [0.25, 0.3) is 13.2 Å². The molecule has 11 heavy (non-hydrogen) atoms. The highest BCUT2D eigenvalue weighted by molar-refractivity contribution is 9.10. The van der Waals surface area contributed by atoms with Crippen LogP contribution < -0.4 is 15.3 Å². The highest BCUT2D eigenvalue weighted by Crippen LogP contribution is 2.00. The molecule has 1 rings (SSSR count). The van der Waals surface area contributed by atoms with Crippen LogP contribution in [0, 0.1) is 0 Å². The lowest BCUT2D eigenvalue weighted by Crippen LogP contribution is -2.16. The van der Waals surface area contributed by atoms with Crippen LogP contribution in [0.15, 0.2) is 10.5 Å². The fourth-order valence-corrected chi connectivity index (χ4v) is 1.09. The molecule has 1 aromatic rings. The lowest BCUT2D eigenvalue weighted by Gasteiger charge is -1.98. The highest BCUT2D eigenvalue weighted by atomic mass is 79.9. The number of aromatic nitrogens is 1. The standard InChI is InChI=1S/C8H8BrNO/c1-5-4-7(9)6(2)10-8(5)11-3/h4H,1-2H2,3H3. The molecule has 58 valence electrons. The van der Waals surface area contributed by atoms with E-state index in [1.165, 1.54) is 0 Å². The molecular weight excluding hydrogens is 206 g/mol. The van der Waals surface area contributed by atoms with E-state index in [0.29, 0.717) is 11.2 Å². The Morgan fingerprint density at radius 2 is 2.18 bits per heavy atom. The lowest BCUT2D eigenvalue weighted by atomic mass is 10.4. The lowest BCUT2D eigenvalue weighted by molar-refractivity contribution is 0.393. The third kappa shape index (κ3) is 1.60. The van der Waals surface area contributed by atoms with E-state index >= 15 is 0 Å². The summed E-state index contributed by atoms with van der Waals surface area (Å²) < 4.78 is 5.80. The Kier molecular flexibility index (Phi) is 2.29. The van der Waals surface area contributed by atoms with Crippen molar-refractivity contribution < 1.29 is 4.74 Å². The smallest absolute Gasteiger partial charge is 0.220 e. The predicted octanol–water partition coefficient (Wildman–Crippen LogP) is 0.673. The topological polar surface area (TPSA) is 22.1 Å². The second kappa shape index (κ2) is 3.05. The van der Waals surface area contributed by atoms with Crippen LogP contribution in [0.4, 0.5) is 0 Å². The van der Waals surface area contributed by atoms with Gasteiger partial charge in [-0.1, -0.05) is 13.2 Å². The average molecular weight is 214 g/mol. The maximum absolute atomic E-state index is 4.95. The Morgan fingerprint density at radius 3 is 2.73 bits per heavy atom. The van der Waals surface area contributed by atoms with Gasteiger partial charge < -0.3 is 4.74 Å². The molecule has 1 heterocycles. The third-order valence-corrected chi connectivity index (χ3v) is 1.97. The number of ether oxygens (including phenoxy) is 1. The summed E-state index contributed by atoms with van der Waals surface area (Å²) in [6.07, 6.45) is 0. The molecule has 0 radical (unpaired) electrons. The van der Waals surface area contributed by atoms with Crippen LogP contribution in [-0.4, -0.2) is 12.1 Å². The normalized spacial score (nSPS) is 9.64. The van der Waals surface area contributed by atoms with Crippen molar-refractivity contribution in [2.24, 2.45) is 0 Å². The Morgan fingerprint density at radius 1 is 1.55 bits per heavy atom. The van der Waals surface area contributed by atoms with Crippen molar-refractivity contribution in [2.45, 2.75) is 0 Å². The van der Waals surface area contributed by atoms with E-state index in [-0.39, 0.29) is 0 Å². The molecule has 0 aliphatic carbocycles. The number of methoxy groups -OCH3 is 1. The van der Waals surface area contributed by atoms with Gasteiger partial charge in [-0.25, -0.2) is 4.98 Å². The van der Waals surface area contributed by atoms with Gasteiger partial charge >= 0.3 is 0 Å². The second-order valence-corrected chi connectivity index (χ2v) is 2.94. The van der Waals surface area contributed by atoms with Crippen LogP contribution in [0.5, 0.6) is 5.88 Å². The minimum absolute atomic E-state index is 0.526. The first kappa shape index (κ1) is 8.27. The fourth-order valence-electron chi connectivity index (χ4n) is 0.723. The Hall–Kier alpha value is -0.830. The molecule has 0 atom stereocenters. The molecule has 0 N–H and O–H groups in total. The number of hydrogen-bond donors (Lipinski definition) is 0. The number of rotatable bonds is 1. The molecule has 0 fully saturated rings. The van der Waals surface area contributed by atoms with E-state index in [1.807, 2.05) is 6.07 Å². The molecule has 0 aliphatic heterocycles. The first-order valence-electron chi connectivity index (χ1n) is 3.03. The van der Waals surface area contributed by atoms with Gasteiger partial charge in [-0.15, -0.1) is 0 Å². The molecule has 0 saturated heterocycles. The van der Waals surface area contributed by atoms with Crippen LogP contribution in [0.2, 0.25) is 0 Å². The van der Waals surface area contributed by atoms with E-state index in [2.05, 4.69) is 34.1 Å². The highest BCUT2D eigenvalue weighted by Gasteiger charge is 1.96. The largest absolute Gasteiger partial charge is 0.481 e. The van der Waals surface area contributed by atoms with E-state index in [9.17, 15) is 0 Å². The Labute approximate surface area is 73.3 Å². The molecule has 2 nitrogen and oxygen atoms in total. The molecular formula is C8H8BrNO. The van der Waals surface area contributed by atoms with E-state index in [4.69, 9.17) is 4.74 Å². The zero-order chi connectivity index (χ0) is 8.43. The minimum Gasteiger partial charge on any atom is -0.481 e. The summed E-state index contributed by atoms with van der Waals surface area (Å²) >= 11 is 3.29. The van der Waals surface area contributed by atoms with Crippen LogP contribution in [0.1, 0.15) is 0 Å². The molecule has 0 spiro atoms. The Balaban J connectivity index is 3.45. The maximum Gasteiger partial charge on any atom is 0.220 e. The monoisotopic (exact) mass is 213 g/mol. The summed E-state index contributed by atoms with van der Waals surface area (Å²) in [5, 5.41) is 1.42. The summed E-state index contributed by atoms with van der Waals surface area (Å²) in [7, 11) is 1.56. The molecule has 0 bridgehead atoms. The number of pyridine rings is 1. The summed E-state index contributed by atoms with van der Waals surface area (Å²) in [5.41, 5.74) is 0. The molecule has 0 aliphatic rings. The summed E-state index contributed by atoms with van der Waals surface area (Å²) in [6, 6.07) is 1.83. The number of hydrogen-bond acceptors (Lipinski definition) is 2. The molecule has 0 unspecified atom stereocenters. The summed E-state index contributed by atoms with van der Waals surface area (Å²) in [5.74, 6) is 0.526. The zero-order valence-electron chi connectivity index (χ0n) is 6.22. The van der Waals surface area contributed by atoms with Gasteiger partial charge in [-0.3, -0.25) is 0 Å². The van der Waals surface area contributed by atoms with Gasteiger partial charge in [0.1, 0.15) is 0 Å². The number of halogens is 1. The van der Waals surface area contributed by atoms with Crippen LogP contribution in [-0.2, 0) is 0 Å². The Bertz CT molecular complexity index is 361. The minimum atomic E-state index is 0.526. The second-order valence-electron chi connectivity index (χ2n) is 2.09. The van der Waals surface area contributed by atoms with Gasteiger partial charge in [0.25, 0.3) is 0 Å². The summed E-state index contributed by atoms with van der Waals surface area (Å²) in [6.45, 7) is 7.45. The van der Waals surface area contributed by atoms with Crippen molar-refractivity contribution in [3.63, 3.8) is 0 Å². The van der Waals surface area contributed by atoms with Gasteiger partial charge in [0.15, 0.2) is 0 Å². The first-order valence-corrected chi connectivity index (χ1v) is 3.83. The van der Waals surface area contributed by atoms with E-state index < -0.39 is 0 Å². The van der Waals surface area contributed by atoms with Gasteiger partial charge in [0, 0.05) is 9.69 Å². The number of nitrogens with zero attached hydrogens (tertiary/aromatic N) is 1. The van der Waals surface area contributed by atoms with Crippen molar-refractivity contribution in [3.8, 4) is 5.88 Å². The van der Waals surface area contributed by atoms with Crippen molar-refractivity contribution in [2.75, 3.05) is 7.11 Å². The van der Waals surface area contributed by atoms with E-state index in [1.54, 1.807) is 7.11 Å². The van der Waals surface area contributed by atoms with E-state index in [0.717, 1.165) is 9.69 Å². The fraction of sp³-hybridized carbons (Fsp3) is 0.125. The van der Waals surface area contributed by atoms with Crippen molar-refractivity contribution >= 4 is 29.1 Å². The predicted molar refractivity (Wildman–Crippen MR) is 48.8 cm³/mol. The van der Waals surface area contributed by atoms with Gasteiger partial charge in [-0.2, -0.15) is 0 Å². The van der Waals surface area contributed by atoms with Crippen LogP contribution >= 0.6 is 15.9 Å². The van der Waals surface area contributed by atoms with Crippen molar-refractivity contribution in [3.05, 3.63) is 21.1 Å².